The van der Waals surface area contributed by atoms with Gasteiger partial charge in [-0.25, -0.2) is 4.79 Å². The molecule has 0 spiro atoms. The van der Waals surface area contributed by atoms with Gasteiger partial charge in [-0.3, -0.25) is 14.4 Å². The molecule has 0 fully saturated rings. The molecule has 9 N–H and O–H groups in total. The summed E-state index contributed by atoms with van der Waals surface area (Å²) in [4.78, 5) is 49.3. The monoisotopic (exact) mass is 482 g/mol. The summed E-state index contributed by atoms with van der Waals surface area (Å²) >= 11 is 0. The van der Waals surface area contributed by atoms with E-state index in [1.165, 1.54) is 31.2 Å². The molecule has 1 rings (SSSR count). The minimum atomic E-state index is -1.48. The Morgan fingerprint density at radius 1 is 0.941 bits per heavy atom. The number of aliphatic carboxylic acids is 1. The number of hydrogen-bond donors (Lipinski definition) is 8. The molecule has 12 nitrogen and oxygen atoms in total. The summed E-state index contributed by atoms with van der Waals surface area (Å²) in [5.74, 6) is -4.23. The van der Waals surface area contributed by atoms with Crippen molar-refractivity contribution in [1.82, 2.24) is 16.0 Å². The van der Waals surface area contributed by atoms with Gasteiger partial charge in [0.2, 0.25) is 17.7 Å². The first-order chi connectivity index (χ1) is 15.9. The number of aromatic hydroxyl groups is 1. The minimum Gasteiger partial charge on any atom is -0.508 e. The third kappa shape index (κ3) is 8.61. The number of aliphatic hydroxyl groups is 2. The highest BCUT2D eigenvalue weighted by molar-refractivity contribution is 5.94. The number of phenolic OH excluding ortho intramolecular Hbond substituents is 1. The van der Waals surface area contributed by atoms with E-state index in [1.807, 2.05) is 0 Å². The van der Waals surface area contributed by atoms with Gasteiger partial charge in [0.1, 0.15) is 29.9 Å². The molecule has 12 heteroatoms. The predicted molar refractivity (Wildman–Crippen MR) is 121 cm³/mol. The minimum absolute atomic E-state index is 0.00350. The summed E-state index contributed by atoms with van der Waals surface area (Å²) in [7, 11) is 0. The Kier molecular flexibility index (Phi) is 11.4. The zero-order valence-electron chi connectivity index (χ0n) is 19.4. The molecule has 34 heavy (non-hydrogen) atoms. The summed E-state index contributed by atoms with van der Waals surface area (Å²) < 4.78 is 0. The van der Waals surface area contributed by atoms with Crippen molar-refractivity contribution in [2.45, 2.75) is 63.9 Å². The van der Waals surface area contributed by atoms with Crippen molar-refractivity contribution in [1.29, 1.82) is 0 Å². The number of carboxylic acids is 1. The molecule has 1 aromatic rings. The van der Waals surface area contributed by atoms with E-state index < -0.39 is 66.5 Å². The average Bonchev–Trinajstić information content (AvgIpc) is 2.79. The predicted octanol–water partition coefficient (Wildman–Crippen LogP) is -1.78. The highest BCUT2D eigenvalue weighted by atomic mass is 16.4. The van der Waals surface area contributed by atoms with Crippen LogP contribution in [0.15, 0.2) is 24.3 Å². The number of aliphatic hydroxyl groups excluding tert-OH is 2. The lowest BCUT2D eigenvalue weighted by Crippen LogP contribution is -2.59. The van der Waals surface area contributed by atoms with Gasteiger partial charge in [-0.1, -0.05) is 32.4 Å². The number of carboxylic acid groups (broad SMARTS) is 1. The molecule has 0 saturated heterocycles. The van der Waals surface area contributed by atoms with Crippen LogP contribution < -0.4 is 21.7 Å². The Balaban J connectivity index is 3.04. The lowest BCUT2D eigenvalue weighted by molar-refractivity contribution is -0.144. The molecule has 0 aliphatic heterocycles. The molecule has 0 aliphatic carbocycles. The second-order valence-electron chi connectivity index (χ2n) is 8.15. The van der Waals surface area contributed by atoms with Crippen LogP contribution in [-0.2, 0) is 25.6 Å². The van der Waals surface area contributed by atoms with E-state index in [2.05, 4.69) is 16.0 Å². The van der Waals surface area contributed by atoms with Crippen LogP contribution in [0.3, 0.4) is 0 Å². The molecule has 0 saturated carbocycles. The Bertz CT molecular complexity index is 846. The Morgan fingerprint density at radius 2 is 1.47 bits per heavy atom. The first-order valence-corrected chi connectivity index (χ1v) is 10.9. The van der Waals surface area contributed by atoms with Gasteiger partial charge < -0.3 is 42.1 Å². The molecule has 0 radical (unpaired) electrons. The van der Waals surface area contributed by atoms with E-state index in [1.54, 1.807) is 13.8 Å². The number of benzene rings is 1. The van der Waals surface area contributed by atoms with Gasteiger partial charge >= 0.3 is 5.97 Å². The van der Waals surface area contributed by atoms with Crippen molar-refractivity contribution in [2.75, 3.05) is 6.61 Å². The summed E-state index contributed by atoms with van der Waals surface area (Å²) in [6, 6.07) is 0.541. The number of hydrogen-bond acceptors (Lipinski definition) is 8. The molecular formula is C22H34N4O8. The van der Waals surface area contributed by atoms with Crippen molar-refractivity contribution in [2.24, 2.45) is 11.7 Å². The van der Waals surface area contributed by atoms with Crippen LogP contribution in [0.1, 0.15) is 32.8 Å². The van der Waals surface area contributed by atoms with Gasteiger partial charge in [0.25, 0.3) is 0 Å². The fraction of sp³-hybridized carbons (Fsp3) is 0.545. The van der Waals surface area contributed by atoms with Crippen LogP contribution in [0.5, 0.6) is 5.75 Å². The maximum Gasteiger partial charge on any atom is 0.326 e. The number of carbonyl (C=O) groups is 4. The molecule has 6 unspecified atom stereocenters. The fourth-order valence-corrected chi connectivity index (χ4v) is 2.97. The first kappa shape index (κ1) is 28.8. The molecule has 3 amide bonds. The first-order valence-electron chi connectivity index (χ1n) is 10.9. The second kappa shape index (κ2) is 13.5. The number of phenols is 1. The van der Waals surface area contributed by atoms with Crippen molar-refractivity contribution in [3.8, 4) is 5.75 Å². The van der Waals surface area contributed by atoms with Crippen molar-refractivity contribution >= 4 is 23.7 Å². The zero-order chi connectivity index (χ0) is 26.0. The lowest BCUT2D eigenvalue weighted by atomic mass is 9.99. The Morgan fingerprint density at radius 3 is 1.94 bits per heavy atom. The largest absolute Gasteiger partial charge is 0.508 e. The van der Waals surface area contributed by atoms with Gasteiger partial charge in [0.05, 0.1) is 12.7 Å². The highest BCUT2D eigenvalue weighted by Gasteiger charge is 2.32. The van der Waals surface area contributed by atoms with E-state index in [0.29, 0.717) is 12.0 Å². The van der Waals surface area contributed by atoms with E-state index in [9.17, 15) is 39.6 Å². The third-order valence-electron chi connectivity index (χ3n) is 5.42. The molecule has 1 aromatic carbocycles. The third-order valence-corrected chi connectivity index (χ3v) is 5.42. The van der Waals surface area contributed by atoms with E-state index in [-0.39, 0.29) is 12.2 Å². The Labute approximate surface area is 197 Å². The molecule has 6 atom stereocenters. The maximum absolute atomic E-state index is 12.9. The summed E-state index contributed by atoms with van der Waals surface area (Å²) in [6.07, 6.45) is -0.784. The van der Waals surface area contributed by atoms with E-state index in [0.717, 1.165) is 0 Å². The van der Waals surface area contributed by atoms with Crippen LogP contribution in [0.4, 0.5) is 0 Å². The summed E-state index contributed by atoms with van der Waals surface area (Å²) in [6.45, 7) is 3.88. The van der Waals surface area contributed by atoms with Crippen LogP contribution in [-0.4, -0.2) is 81.0 Å². The Hall–Kier alpha value is -3.22. The van der Waals surface area contributed by atoms with E-state index in [4.69, 9.17) is 5.73 Å². The molecule has 0 aliphatic rings. The van der Waals surface area contributed by atoms with Gasteiger partial charge in [-0.2, -0.15) is 0 Å². The average molecular weight is 483 g/mol. The molecule has 190 valence electrons. The van der Waals surface area contributed by atoms with Gasteiger partial charge in [0, 0.05) is 6.42 Å². The normalized spacial score (nSPS) is 16.3. The number of nitrogens with two attached hydrogens (primary N) is 1. The fourth-order valence-electron chi connectivity index (χ4n) is 2.97. The summed E-state index contributed by atoms with van der Waals surface area (Å²) in [5.41, 5.74) is 6.19. The second-order valence-corrected chi connectivity index (χ2v) is 8.15. The van der Waals surface area contributed by atoms with Gasteiger partial charge in [-0.15, -0.1) is 0 Å². The van der Waals surface area contributed by atoms with E-state index >= 15 is 0 Å². The molecule has 0 bridgehead atoms. The smallest absolute Gasteiger partial charge is 0.326 e. The maximum atomic E-state index is 12.9. The standard InChI is InChI=1S/C22H34N4O8/c1-4-11(2)18(22(33)34)26-20(31)16(10-27)25-19(30)15(24-21(32)17(23)12(3)28)9-13-5-7-14(29)8-6-13/h5-8,11-12,15-18,27-29H,4,9-10,23H2,1-3H3,(H,24,32)(H,25,30)(H,26,31)(H,33,34). The van der Waals surface area contributed by atoms with Crippen LogP contribution in [0.25, 0.3) is 0 Å². The lowest BCUT2D eigenvalue weighted by Gasteiger charge is -2.26. The molecule has 0 aromatic heterocycles. The van der Waals surface area contributed by atoms with Gasteiger partial charge in [-0.05, 0) is 30.5 Å². The van der Waals surface area contributed by atoms with Crippen molar-refractivity contribution < 1.29 is 39.6 Å². The van der Waals surface area contributed by atoms with Crippen molar-refractivity contribution in [3.05, 3.63) is 29.8 Å². The van der Waals surface area contributed by atoms with Gasteiger partial charge in [0.15, 0.2) is 0 Å². The topological polar surface area (TPSA) is 211 Å². The van der Waals surface area contributed by atoms with Crippen molar-refractivity contribution in [3.63, 3.8) is 0 Å². The van der Waals surface area contributed by atoms with Crippen LogP contribution >= 0.6 is 0 Å². The van der Waals surface area contributed by atoms with Crippen LogP contribution in [0, 0.1) is 5.92 Å². The SMILES string of the molecule is CCC(C)C(NC(=O)C(CO)NC(=O)C(Cc1ccc(O)cc1)NC(=O)C(N)C(C)O)C(=O)O. The highest BCUT2D eigenvalue weighted by Crippen LogP contribution is 2.12. The van der Waals surface area contributed by atoms with Crippen LogP contribution in [0.2, 0.25) is 0 Å². The zero-order valence-corrected chi connectivity index (χ0v) is 19.4. The number of rotatable bonds is 13. The summed E-state index contributed by atoms with van der Waals surface area (Å²) in [5, 5.41) is 45.1. The number of nitrogens with one attached hydrogen (secondary N) is 3. The number of amides is 3. The molecular weight excluding hydrogens is 448 g/mol. The number of carbonyl (C=O) groups excluding carboxylic acids is 3. The molecule has 0 heterocycles. The quantitative estimate of drug-likeness (QED) is 0.159.